The SMILES string of the molecule is COc1ccc(-c2nc3ccccc3n2[C@H](O)C(=O)O[C@@H]2CC(C)CC[C@H]2C(C)C)cc1. The van der Waals surface area contributed by atoms with Crippen molar-refractivity contribution >= 4 is 17.0 Å². The maximum atomic E-state index is 13.2. The summed E-state index contributed by atoms with van der Waals surface area (Å²) in [7, 11) is 1.61. The fraction of sp³-hybridized carbons (Fsp3) is 0.462. The number of methoxy groups -OCH3 is 1. The maximum Gasteiger partial charge on any atom is 0.357 e. The summed E-state index contributed by atoms with van der Waals surface area (Å²) < 4.78 is 12.8. The molecule has 1 aliphatic rings. The van der Waals surface area contributed by atoms with E-state index in [1.54, 1.807) is 11.7 Å². The van der Waals surface area contributed by atoms with Crippen LogP contribution < -0.4 is 4.74 Å². The lowest BCUT2D eigenvalue weighted by Gasteiger charge is -2.37. The van der Waals surface area contributed by atoms with Crippen LogP contribution in [-0.2, 0) is 9.53 Å². The van der Waals surface area contributed by atoms with Crippen LogP contribution in [0.2, 0.25) is 0 Å². The number of benzene rings is 2. The molecular weight excluding hydrogens is 404 g/mol. The van der Waals surface area contributed by atoms with Gasteiger partial charge in [-0.15, -0.1) is 0 Å². The molecule has 4 rings (SSSR count). The number of carbonyl (C=O) groups excluding carboxylic acids is 1. The van der Waals surface area contributed by atoms with Gasteiger partial charge >= 0.3 is 5.97 Å². The summed E-state index contributed by atoms with van der Waals surface area (Å²) in [5.41, 5.74) is 2.16. The molecule has 1 unspecified atom stereocenters. The molecule has 0 spiro atoms. The van der Waals surface area contributed by atoms with Crippen LogP contribution in [0.15, 0.2) is 48.5 Å². The third-order valence-corrected chi connectivity index (χ3v) is 6.63. The molecule has 1 aliphatic carbocycles. The van der Waals surface area contributed by atoms with Gasteiger partial charge in [-0.2, -0.15) is 0 Å². The fourth-order valence-corrected chi connectivity index (χ4v) is 4.80. The highest BCUT2D eigenvalue weighted by Gasteiger charge is 2.35. The van der Waals surface area contributed by atoms with E-state index in [4.69, 9.17) is 14.5 Å². The van der Waals surface area contributed by atoms with Gasteiger partial charge in [0.2, 0.25) is 6.23 Å². The summed E-state index contributed by atoms with van der Waals surface area (Å²) in [5, 5.41) is 11.2. The van der Waals surface area contributed by atoms with Crippen molar-refractivity contribution in [3.8, 4) is 17.1 Å². The molecule has 1 fully saturated rings. The van der Waals surface area contributed by atoms with Gasteiger partial charge in [0.25, 0.3) is 0 Å². The molecule has 6 heteroatoms. The van der Waals surface area contributed by atoms with Gasteiger partial charge in [0, 0.05) is 5.56 Å². The van der Waals surface area contributed by atoms with Crippen LogP contribution in [0.25, 0.3) is 22.4 Å². The number of aliphatic hydroxyl groups is 1. The first-order chi connectivity index (χ1) is 15.4. The third kappa shape index (κ3) is 4.37. The van der Waals surface area contributed by atoms with E-state index in [-0.39, 0.29) is 6.10 Å². The first-order valence-electron chi connectivity index (χ1n) is 11.4. The standard InChI is InChI=1S/C26H32N2O4/c1-16(2)20-14-9-17(3)15-23(20)32-26(30)25(29)28-22-8-6-5-7-21(22)27-24(28)18-10-12-19(31-4)13-11-18/h5-8,10-13,16-17,20,23,25,29H,9,14-15H2,1-4H3/t17?,20-,23+,25+/m0/s1. The minimum Gasteiger partial charge on any atom is -0.497 e. The van der Waals surface area contributed by atoms with Crippen molar-refractivity contribution in [1.82, 2.24) is 9.55 Å². The molecule has 0 saturated heterocycles. The van der Waals surface area contributed by atoms with Crippen molar-refractivity contribution in [2.45, 2.75) is 52.4 Å². The predicted molar refractivity (Wildman–Crippen MR) is 124 cm³/mol. The molecule has 1 heterocycles. The summed E-state index contributed by atoms with van der Waals surface area (Å²) in [6, 6.07) is 14.9. The monoisotopic (exact) mass is 436 g/mol. The highest BCUT2D eigenvalue weighted by Crippen LogP contribution is 2.36. The van der Waals surface area contributed by atoms with Crippen LogP contribution in [0.3, 0.4) is 0 Å². The molecular formula is C26H32N2O4. The van der Waals surface area contributed by atoms with E-state index in [1.807, 2.05) is 48.5 Å². The van der Waals surface area contributed by atoms with E-state index in [0.717, 1.165) is 30.6 Å². The minimum absolute atomic E-state index is 0.180. The van der Waals surface area contributed by atoms with Crippen molar-refractivity contribution in [1.29, 1.82) is 0 Å². The Bertz CT molecular complexity index is 1070. The van der Waals surface area contributed by atoms with Crippen molar-refractivity contribution < 1.29 is 19.4 Å². The van der Waals surface area contributed by atoms with Gasteiger partial charge in [0.05, 0.1) is 18.1 Å². The second-order valence-electron chi connectivity index (χ2n) is 9.20. The van der Waals surface area contributed by atoms with Gasteiger partial charge in [0.1, 0.15) is 17.7 Å². The third-order valence-electron chi connectivity index (χ3n) is 6.63. The Hall–Kier alpha value is -2.86. The van der Waals surface area contributed by atoms with Gasteiger partial charge in [-0.1, -0.05) is 39.3 Å². The van der Waals surface area contributed by atoms with E-state index >= 15 is 0 Å². The number of para-hydroxylation sites is 2. The molecule has 4 atom stereocenters. The van der Waals surface area contributed by atoms with Crippen LogP contribution in [0, 0.1) is 17.8 Å². The molecule has 3 aromatic rings. The number of aromatic nitrogens is 2. The molecule has 0 aliphatic heterocycles. The van der Waals surface area contributed by atoms with Crippen LogP contribution in [0.1, 0.15) is 46.3 Å². The van der Waals surface area contributed by atoms with Crippen LogP contribution >= 0.6 is 0 Å². The molecule has 0 bridgehead atoms. The second kappa shape index (κ2) is 9.33. The van der Waals surface area contributed by atoms with E-state index in [9.17, 15) is 9.90 Å². The Morgan fingerprint density at radius 3 is 2.53 bits per heavy atom. The summed E-state index contributed by atoms with van der Waals surface area (Å²) in [5.74, 6) is 1.83. The number of carbonyl (C=O) groups is 1. The molecule has 0 radical (unpaired) electrons. The molecule has 170 valence electrons. The number of imidazole rings is 1. The van der Waals surface area contributed by atoms with Gasteiger partial charge in [-0.3, -0.25) is 4.57 Å². The van der Waals surface area contributed by atoms with E-state index in [0.29, 0.717) is 34.6 Å². The summed E-state index contributed by atoms with van der Waals surface area (Å²) >= 11 is 0. The van der Waals surface area contributed by atoms with Crippen molar-refractivity contribution in [2.24, 2.45) is 17.8 Å². The molecule has 6 nitrogen and oxygen atoms in total. The van der Waals surface area contributed by atoms with Crippen molar-refractivity contribution in [3.63, 3.8) is 0 Å². The summed E-state index contributed by atoms with van der Waals surface area (Å²) in [4.78, 5) is 17.9. The first-order valence-corrected chi connectivity index (χ1v) is 11.4. The number of hydrogen-bond donors (Lipinski definition) is 1. The van der Waals surface area contributed by atoms with Crippen LogP contribution in [0.5, 0.6) is 5.75 Å². The number of fused-ring (bicyclic) bond motifs is 1. The minimum atomic E-state index is -1.48. The van der Waals surface area contributed by atoms with E-state index in [2.05, 4.69) is 20.8 Å². The Kier molecular flexibility index (Phi) is 6.51. The molecule has 2 aromatic carbocycles. The largest absolute Gasteiger partial charge is 0.497 e. The van der Waals surface area contributed by atoms with Crippen LogP contribution in [0.4, 0.5) is 0 Å². The molecule has 1 N–H and O–H groups in total. The maximum absolute atomic E-state index is 13.2. The lowest BCUT2D eigenvalue weighted by atomic mass is 9.75. The fourth-order valence-electron chi connectivity index (χ4n) is 4.80. The molecule has 1 aromatic heterocycles. The normalized spacial score (nSPS) is 22.1. The lowest BCUT2D eigenvalue weighted by Crippen LogP contribution is -2.37. The van der Waals surface area contributed by atoms with E-state index in [1.165, 1.54) is 0 Å². The van der Waals surface area contributed by atoms with Gasteiger partial charge in [-0.25, -0.2) is 9.78 Å². The molecule has 32 heavy (non-hydrogen) atoms. The summed E-state index contributed by atoms with van der Waals surface area (Å²) in [6.45, 7) is 6.53. The quantitative estimate of drug-likeness (QED) is 0.537. The first kappa shape index (κ1) is 22.3. The molecule has 1 saturated carbocycles. The number of esters is 1. The van der Waals surface area contributed by atoms with E-state index < -0.39 is 12.2 Å². The topological polar surface area (TPSA) is 73.6 Å². The smallest absolute Gasteiger partial charge is 0.357 e. The van der Waals surface area contributed by atoms with Crippen molar-refractivity contribution in [2.75, 3.05) is 7.11 Å². The zero-order valence-electron chi connectivity index (χ0n) is 19.2. The van der Waals surface area contributed by atoms with Gasteiger partial charge < -0.3 is 14.6 Å². The average molecular weight is 437 g/mol. The number of aliphatic hydroxyl groups excluding tert-OH is 1. The summed E-state index contributed by atoms with van der Waals surface area (Å²) in [6.07, 6.45) is 1.35. The van der Waals surface area contributed by atoms with Gasteiger partial charge in [0.15, 0.2) is 0 Å². The Morgan fingerprint density at radius 1 is 1.12 bits per heavy atom. The second-order valence-corrected chi connectivity index (χ2v) is 9.20. The Balaban J connectivity index is 1.67. The highest BCUT2D eigenvalue weighted by atomic mass is 16.6. The Labute approximate surface area is 189 Å². The lowest BCUT2D eigenvalue weighted by molar-refractivity contribution is -0.170. The Morgan fingerprint density at radius 2 is 1.84 bits per heavy atom. The number of hydrogen-bond acceptors (Lipinski definition) is 5. The highest BCUT2D eigenvalue weighted by molar-refractivity contribution is 5.84. The van der Waals surface area contributed by atoms with Gasteiger partial charge in [-0.05, 0) is 67.0 Å². The van der Waals surface area contributed by atoms with Crippen LogP contribution in [-0.4, -0.2) is 33.8 Å². The molecule has 0 amide bonds. The zero-order valence-corrected chi connectivity index (χ0v) is 19.2. The van der Waals surface area contributed by atoms with Crippen molar-refractivity contribution in [3.05, 3.63) is 48.5 Å². The predicted octanol–water partition coefficient (Wildman–Crippen LogP) is 5.21. The number of nitrogens with zero attached hydrogens (tertiary/aromatic N) is 2. The average Bonchev–Trinajstić information content (AvgIpc) is 3.18. The number of rotatable bonds is 6. The zero-order chi connectivity index (χ0) is 22.8. The number of ether oxygens (including phenoxy) is 2.